The summed E-state index contributed by atoms with van der Waals surface area (Å²) in [5, 5.41) is 7.44. The second kappa shape index (κ2) is 6.02. The smallest absolute Gasteiger partial charge is 0.238 e. The van der Waals surface area contributed by atoms with Crippen LogP contribution in [-0.2, 0) is 0 Å². The Kier molecular flexibility index (Phi) is 4.37. The Bertz CT molecular complexity index is 518. The van der Waals surface area contributed by atoms with Crippen LogP contribution in [0.15, 0.2) is 21.3 Å². The van der Waals surface area contributed by atoms with Crippen molar-refractivity contribution in [1.82, 2.24) is 15.5 Å². The van der Waals surface area contributed by atoms with Crippen molar-refractivity contribution in [3.8, 4) is 11.6 Å². The van der Waals surface area contributed by atoms with E-state index in [1.54, 1.807) is 6.26 Å². The fraction of sp³-hybridized carbons (Fsp3) is 0.571. The van der Waals surface area contributed by atoms with Gasteiger partial charge in [0.15, 0.2) is 5.76 Å². The molecule has 1 N–H and O–H groups in total. The molecular formula is C14H21N3O2. The van der Waals surface area contributed by atoms with E-state index in [2.05, 4.69) is 36.2 Å². The Balaban J connectivity index is 2.19. The van der Waals surface area contributed by atoms with Crippen molar-refractivity contribution >= 4 is 0 Å². The molecule has 2 heterocycles. The summed E-state index contributed by atoms with van der Waals surface area (Å²) < 4.78 is 10.8. The number of aryl methyl sites for hydroxylation is 1. The van der Waals surface area contributed by atoms with Crippen LogP contribution in [-0.4, -0.2) is 22.7 Å². The lowest BCUT2D eigenvalue weighted by molar-refractivity contribution is 0.321. The van der Waals surface area contributed by atoms with Crippen LogP contribution in [0.1, 0.15) is 44.6 Å². The van der Waals surface area contributed by atoms with Crippen molar-refractivity contribution in [2.75, 3.05) is 6.54 Å². The lowest BCUT2D eigenvalue weighted by Gasteiger charge is -2.20. The summed E-state index contributed by atoms with van der Waals surface area (Å²) in [5.41, 5.74) is 1.01. The van der Waals surface area contributed by atoms with Crippen LogP contribution in [0.3, 0.4) is 0 Å². The first-order valence-electron chi connectivity index (χ1n) is 6.78. The van der Waals surface area contributed by atoms with E-state index in [0.29, 0.717) is 23.5 Å². The van der Waals surface area contributed by atoms with Crippen LogP contribution in [0.2, 0.25) is 0 Å². The number of hydrogen-bond donors (Lipinski definition) is 1. The minimum absolute atomic E-state index is 0.182. The van der Waals surface area contributed by atoms with E-state index in [4.69, 9.17) is 8.94 Å². The molecule has 19 heavy (non-hydrogen) atoms. The largest absolute Gasteiger partial charge is 0.461 e. The lowest BCUT2D eigenvalue weighted by Crippen LogP contribution is -2.33. The van der Waals surface area contributed by atoms with Crippen molar-refractivity contribution in [1.29, 1.82) is 0 Å². The van der Waals surface area contributed by atoms with Gasteiger partial charge in [-0.05, 0) is 31.5 Å². The quantitative estimate of drug-likeness (QED) is 0.867. The molecule has 2 rings (SSSR count). The minimum atomic E-state index is 0.182. The van der Waals surface area contributed by atoms with Crippen LogP contribution in [0.25, 0.3) is 11.6 Å². The van der Waals surface area contributed by atoms with Crippen LogP contribution < -0.4 is 5.32 Å². The predicted molar refractivity (Wildman–Crippen MR) is 72.9 cm³/mol. The van der Waals surface area contributed by atoms with E-state index in [1.165, 1.54) is 0 Å². The Morgan fingerprint density at radius 1 is 1.37 bits per heavy atom. The molecule has 0 saturated carbocycles. The van der Waals surface area contributed by atoms with Crippen molar-refractivity contribution in [3.05, 3.63) is 23.8 Å². The van der Waals surface area contributed by atoms with E-state index in [1.807, 2.05) is 13.0 Å². The molecule has 0 saturated heterocycles. The van der Waals surface area contributed by atoms with E-state index >= 15 is 0 Å². The highest BCUT2D eigenvalue weighted by Crippen LogP contribution is 2.25. The Morgan fingerprint density at radius 2 is 2.16 bits per heavy atom. The number of rotatable bonds is 6. The summed E-state index contributed by atoms with van der Waals surface area (Å²) in [4.78, 5) is 4.45. The Hall–Kier alpha value is -1.62. The van der Waals surface area contributed by atoms with Crippen LogP contribution >= 0.6 is 0 Å². The highest BCUT2D eigenvalue weighted by Gasteiger charge is 2.23. The predicted octanol–water partition coefficient (Wildman–Crippen LogP) is 3.13. The number of hydrogen-bond acceptors (Lipinski definition) is 5. The van der Waals surface area contributed by atoms with Gasteiger partial charge in [-0.1, -0.05) is 25.9 Å². The second-order valence-electron chi connectivity index (χ2n) is 4.75. The maximum Gasteiger partial charge on any atom is 0.238 e. The van der Waals surface area contributed by atoms with Gasteiger partial charge in [0.05, 0.1) is 12.2 Å². The minimum Gasteiger partial charge on any atom is -0.461 e. The van der Waals surface area contributed by atoms with E-state index in [-0.39, 0.29) is 5.92 Å². The molecule has 0 radical (unpaired) electrons. The molecule has 0 aliphatic rings. The summed E-state index contributed by atoms with van der Waals surface area (Å²) in [6, 6.07) is 2.23. The molecule has 2 atom stereocenters. The first kappa shape index (κ1) is 13.8. The average molecular weight is 263 g/mol. The molecule has 0 aliphatic carbocycles. The van der Waals surface area contributed by atoms with Gasteiger partial charge in [0, 0.05) is 6.04 Å². The molecule has 0 aromatic carbocycles. The first-order chi connectivity index (χ1) is 9.17. The Labute approximate surface area is 113 Å². The van der Waals surface area contributed by atoms with Gasteiger partial charge in [-0.3, -0.25) is 0 Å². The summed E-state index contributed by atoms with van der Waals surface area (Å²) in [6.45, 7) is 9.24. The third-order valence-corrected chi connectivity index (χ3v) is 3.41. The normalized spacial score (nSPS) is 14.5. The molecule has 0 bridgehead atoms. The Morgan fingerprint density at radius 3 is 2.74 bits per heavy atom. The highest BCUT2D eigenvalue weighted by molar-refractivity contribution is 5.51. The number of aromatic nitrogens is 2. The standard InChI is InChI=1S/C14H21N3O2/c1-5-11(15-6-2)10(4)14-16-13(17-19-14)12-9(3)7-8-18-12/h7-8,10-11,15H,5-6H2,1-4H3. The zero-order chi connectivity index (χ0) is 13.8. The van der Waals surface area contributed by atoms with Gasteiger partial charge in [-0.15, -0.1) is 0 Å². The highest BCUT2D eigenvalue weighted by atomic mass is 16.5. The summed E-state index contributed by atoms with van der Waals surface area (Å²) in [6.07, 6.45) is 2.66. The molecule has 0 spiro atoms. The summed E-state index contributed by atoms with van der Waals surface area (Å²) in [7, 11) is 0. The van der Waals surface area contributed by atoms with Gasteiger partial charge in [-0.25, -0.2) is 0 Å². The number of nitrogens with zero attached hydrogens (tertiary/aromatic N) is 2. The van der Waals surface area contributed by atoms with Gasteiger partial charge in [-0.2, -0.15) is 4.98 Å². The maximum atomic E-state index is 5.38. The monoisotopic (exact) mass is 263 g/mol. The average Bonchev–Trinajstić information content (AvgIpc) is 3.03. The van der Waals surface area contributed by atoms with Gasteiger partial charge in [0.2, 0.25) is 11.7 Å². The topological polar surface area (TPSA) is 64.1 Å². The van der Waals surface area contributed by atoms with Crippen LogP contribution in [0.4, 0.5) is 0 Å². The number of nitrogens with one attached hydrogen (secondary N) is 1. The van der Waals surface area contributed by atoms with Gasteiger partial charge >= 0.3 is 0 Å². The molecule has 5 heteroatoms. The number of furan rings is 1. The SMILES string of the molecule is CCNC(CC)C(C)c1nc(-c2occc2C)no1. The molecular weight excluding hydrogens is 242 g/mol. The molecule has 5 nitrogen and oxygen atoms in total. The van der Waals surface area contributed by atoms with Crippen molar-refractivity contribution in [2.45, 2.75) is 46.1 Å². The zero-order valence-corrected chi connectivity index (χ0v) is 11.9. The fourth-order valence-electron chi connectivity index (χ4n) is 2.22. The number of likely N-dealkylation sites (N-methyl/N-ethyl adjacent to an activating group) is 1. The second-order valence-corrected chi connectivity index (χ2v) is 4.75. The van der Waals surface area contributed by atoms with E-state index in [9.17, 15) is 0 Å². The molecule has 0 aliphatic heterocycles. The molecule has 0 fully saturated rings. The van der Waals surface area contributed by atoms with Crippen LogP contribution in [0.5, 0.6) is 0 Å². The third-order valence-electron chi connectivity index (χ3n) is 3.41. The lowest BCUT2D eigenvalue weighted by atomic mass is 9.99. The van der Waals surface area contributed by atoms with Crippen molar-refractivity contribution < 1.29 is 8.94 Å². The van der Waals surface area contributed by atoms with Gasteiger partial charge in [0.1, 0.15) is 0 Å². The molecule has 0 amide bonds. The zero-order valence-electron chi connectivity index (χ0n) is 11.9. The fourth-order valence-corrected chi connectivity index (χ4v) is 2.22. The molecule has 2 unspecified atom stereocenters. The van der Waals surface area contributed by atoms with Gasteiger partial charge < -0.3 is 14.3 Å². The van der Waals surface area contributed by atoms with E-state index in [0.717, 1.165) is 18.5 Å². The summed E-state index contributed by atoms with van der Waals surface area (Å²) in [5.74, 6) is 2.04. The molecule has 104 valence electrons. The van der Waals surface area contributed by atoms with Crippen molar-refractivity contribution in [2.24, 2.45) is 0 Å². The van der Waals surface area contributed by atoms with Crippen LogP contribution in [0, 0.1) is 6.92 Å². The third kappa shape index (κ3) is 2.87. The molecule has 2 aromatic rings. The summed E-state index contributed by atoms with van der Waals surface area (Å²) >= 11 is 0. The molecule has 2 aromatic heterocycles. The van der Waals surface area contributed by atoms with Crippen molar-refractivity contribution in [3.63, 3.8) is 0 Å². The van der Waals surface area contributed by atoms with Gasteiger partial charge in [0.25, 0.3) is 0 Å². The van der Waals surface area contributed by atoms with E-state index < -0.39 is 0 Å². The first-order valence-corrected chi connectivity index (χ1v) is 6.78. The maximum absolute atomic E-state index is 5.38.